The van der Waals surface area contributed by atoms with Crippen molar-refractivity contribution in [3.05, 3.63) is 0 Å². The minimum Gasteiger partial charge on any atom is -0.394 e. The molecule has 9 heteroatoms. The quantitative estimate of drug-likeness (QED) is 0.260. The smallest absolute Gasteiger partial charge is 0.394 e. The van der Waals surface area contributed by atoms with Gasteiger partial charge in [0.15, 0.2) is 0 Å². The number of hydrogen-bond donors (Lipinski definition) is 6. The molecule has 0 saturated heterocycles. The fourth-order valence-electron chi connectivity index (χ4n) is 0.719. The molecule has 0 aliphatic carbocycles. The fraction of sp³-hybridized carbons (Fsp3) is 0.833. The van der Waals surface area contributed by atoms with Crippen LogP contribution in [0.4, 0.5) is 0 Å². The van der Waals surface area contributed by atoms with Crippen LogP contribution in [0.3, 0.4) is 0 Å². The molecular formula is C6H14O8P+. The van der Waals surface area contributed by atoms with Crippen LogP contribution >= 0.6 is 7.94 Å². The van der Waals surface area contributed by atoms with Crippen LogP contribution in [0.15, 0.2) is 0 Å². The van der Waals surface area contributed by atoms with Crippen LogP contribution in [0.2, 0.25) is 0 Å². The summed E-state index contributed by atoms with van der Waals surface area (Å²) in [5, 5.41) is 25.7. The SMILES string of the molecule is O=C(CO)C(OC[C@@H](O)CO)[P+](O)(O)O. The minimum absolute atomic E-state index is 0.573. The van der Waals surface area contributed by atoms with Gasteiger partial charge in [-0.25, -0.2) is 0 Å². The largest absolute Gasteiger partial charge is 0.443 e. The summed E-state index contributed by atoms with van der Waals surface area (Å²) in [6.45, 7) is -2.26. The van der Waals surface area contributed by atoms with Gasteiger partial charge in [0.1, 0.15) is 12.7 Å². The predicted octanol–water partition coefficient (Wildman–Crippen LogP) is -3.02. The first-order valence-electron chi connectivity index (χ1n) is 3.94. The molecule has 0 amide bonds. The van der Waals surface area contributed by atoms with Gasteiger partial charge in [-0.3, -0.25) is 4.79 Å². The molecule has 2 atom stereocenters. The third-order valence-electron chi connectivity index (χ3n) is 1.40. The van der Waals surface area contributed by atoms with Crippen molar-refractivity contribution < 1.29 is 39.5 Å². The molecule has 0 aliphatic rings. The molecule has 0 bridgehead atoms. The average Bonchev–Trinajstić information content (AvgIpc) is 2.15. The van der Waals surface area contributed by atoms with Crippen molar-refractivity contribution in [1.29, 1.82) is 0 Å². The molecular weight excluding hydrogens is 231 g/mol. The Morgan fingerprint density at radius 2 is 1.80 bits per heavy atom. The Hall–Kier alpha value is -0.180. The monoisotopic (exact) mass is 245 g/mol. The Labute approximate surface area is 85.9 Å². The molecule has 0 heterocycles. The molecule has 90 valence electrons. The van der Waals surface area contributed by atoms with Gasteiger partial charge in [-0.15, -0.1) is 0 Å². The zero-order valence-corrected chi connectivity index (χ0v) is 8.62. The van der Waals surface area contributed by atoms with Crippen molar-refractivity contribution in [1.82, 2.24) is 0 Å². The normalized spacial score (nSPS) is 16.1. The molecule has 0 saturated carbocycles. The molecule has 0 spiro atoms. The number of hydrogen-bond acceptors (Lipinski definition) is 8. The van der Waals surface area contributed by atoms with E-state index in [0.29, 0.717) is 0 Å². The summed E-state index contributed by atoms with van der Waals surface area (Å²) in [7, 11) is -4.59. The molecule has 0 radical (unpaired) electrons. The highest BCUT2D eigenvalue weighted by molar-refractivity contribution is 7.60. The van der Waals surface area contributed by atoms with Gasteiger partial charge in [0, 0.05) is 0 Å². The maximum absolute atomic E-state index is 10.9. The van der Waals surface area contributed by atoms with Gasteiger partial charge in [0.25, 0.3) is 0 Å². The van der Waals surface area contributed by atoms with E-state index in [9.17, 15) is 4.79 Å². The van der Waals surface area contributed by atoms with Gasteiger partial charge >= 0.3 is 13.8 Å². The van der Waals surface area contributed by atoms with Crippen molar-refractivity contribution in [2.75, 3.05) is 19.8 Å². The Morgan fingerprint density at radius 3 is 2.13 bits per heavy atom. The number of aliphatic hydroxyl groups excluding tert-OH is 3. The van der Waals surface area contributed by atoms with Gasteiger partial charge in [-0.2, -0.15) is 14.7 Å². The molecule has 0 aromatic carbocycles. The van der Waals surface area contributed by atoms with Crippen molar-refractivity contribution >= 4 is 13.7 Å². The lowest BCUT2D eigenvalue weighted by Crippen LogP contribution is -2.33. The van der Waals surface area contributed by atoms with Crippen LogP contribution < -0.4 is 0 Å². The fourth-order valence-corrected chi connectivity index (χ4v) is 1.47. The van der Waals surface area contributed by atoms with Crippen molar-refractivity contribution in [2.45, 2.75) is 11.9 Å². The van der Waals surface area contributed by atoms with Crippen molar-refractivity contribution in [3.63, 3.8) is 0 Å². The lowest BCUT2D eigenvalue weighted by Gasteiger charge is -2.16. The summed E-state index contributed by atoms with van der Waals surface area (Å²) in [4.78, 5) is 37.2. The highest BCUT2D eigenvalue weighted by atomic mass is 31.2. The third-order valence-corrected chi connectivity index (χ3v) is 2.47. The van der Waals surface area contributed by atoms with E-state index in [0.717, 1.165) is 0 Å². The van der Waals surface area contributed by atoms with E-state index in [4.69, 9.17) is 30.0 Å². The van der Waals surface area contributed by atoms with Crippen LogP contribution in [-0.4, -0.2) is 67.6 Å². The molecule has 1 unspecified atom stereocenters. The van der Waals surface area contributed by atoms with Gasteiger partial charge in [0.05, 0.1) is 13.2 Å². The van der Waals surface area contributed by atoms with Gasteiger partial charge in [-0.1, -0.05) is 0 Å². The lowest BCUT2D eigenvalue weighted by atomic mass is 10.4. The summed E-state index contributed by atoms with van der Waals surface area (Å²) in [5.74, 6) is -3.12. The predicted molar refractivity (Wildman–Crippen MR) is 48.5 cm³/mol. The summed E-state index contributed by atoms with van der Waals surface area (Å²) < 4.78 is 4.49. The number of Topliss-reactive ketones (excluding diaryl/α,β-unsaturated/α-hetero) is 1. The van der Waals surface area contributed by atoms with Crippen LogP contribution in [0.5, 0.6) is 0 Å². The summed E-state index contributed by atoms with van der Waals surface area (Å²) in [6, 6.07) is 0. The standard InChI is InChI=1S/C6H14O8P/c7-1-4(9)3-14-6(5(10)2-8)15(11,12)13/h4,6-9,11-13H,1-3H2/q+1/t4-,6?/m0/s1. The first kappa shape index (κ1) is 14.8. The van der Waals surface area contributed by atoms with Crippen LogP contribution in [-0.2, 0) is 9.53 Å². The van der Waals surface area contributed by atoms with E-state index in [2.05, 4.69) is 4.74 Å². The Balaban J connectivity index is 4.34. The Morgan fingerprint density at radius 1 is 1.27 bits per heavy atom. The zero-order chi connectivity index (χ0) is 12.1. The summed E-state index contributed by atoms with van der Waals surface area (Å²) in [5.41, 5.74) is 0. The highest BCUT2D eigenvalue weighted by Crippen LogP contribution is 2.50. The number of ketones is 1. The first-order chi connectivity index (χ1) is 6.82. The van der Waals surface area contributed by atoms with Crippen molar-refractivity contribution in [2.24, 2.45) is 0 Å². The third kappa shape index (κ3) is 5.45. The van der Waals surface area contributed by atoms with Crippen LogP contribution in [0.1, 0.15) is 0 Å². The summed E-state index contributed by atoms with van der Waals surface area (Å²) in [6.07, 6.45) is -1.31. The van der Waals surface area contributed by atoms with E-state index >= 15 is 0 Å². The maximum Gasteiger partial charge on any atom is 0.443 e. The Kier molecular flexibility index (Phi) is 6.34. The molecule has 6 N–H and O–H groups in total. The molecule has 0 fully saturated rings. The zero-order valence-electron chi connectivity index (χ0n) is 7.72. The number of aliphatic hydroxyl groups is 3. The first-order valence-corrected chi connectivity index (χ1v) is 5.65. The van der Waals surface area contributed by atoms with Gasteiger partial charge in [-0.05, 0) is 0 Å². The number of ether oxygens (including phenoxy) is 1. The second-order valence-electron chi connectivity index (χ2n) is 2.76. The van der Waals surface area contributed by atoms with Crippen LogP contribution in [0, 0.1) is 0 Å². The van der Waals surface area contributed by atoms with E-state index in [1.54, 1.807) is 0 Å². The van der Waals surface area contributed by atoms with Gasteiger partial charge in [0.2, 0.25) is 5.78 Å². The second kappa shape index (κ2) is 6.41. The van der Waals surface area contributed by atoms with E-state index in [-0.39, 0.29) is 0 Å². The summed E-state index contributed by atoms with van der Waals surface area (Å²) >= 11 is 0. The average molecular weight is 245 g/mol. The van der Waals surface area contributed by atoms with Crippen LogP contribution in [0.25, 0.3) is 0 Å². The Bertz CT molecular complexity index is 202. The second-order valence-corrected chi connectivity index (χ2v) is 4.46. The number of carbonyl (C=O) groups excluding carboxylic acids is 1. The topological polar surface area (TPSA) is 148 Å². The molecule has 0 aromatic heterocycles. The van der Waals surface area contributed by atoms with E-state index in [1.807, 2.05) is 0 Å². The molecule has 0 rings (SSSR count). The van der Waals surface area contributed by atoms with E-state index < -0.39 is 45.5 Å². The van der Waals surface area contributed by atoms with Crippen molar-refractivity contribution in [3.8, 4) is 0 Å². The molecule has 0 aromatic rings. The van der Waals surface area contributed by atoms with Gasteiger partial charge < -0.3 is 20.1 Å². The minimum atomic E-state index is -4.59. The maximum atomic E-state index is 10.9. The van der Waals surface area contributed by atoms with E-state index in [1.165, 1.54) is 0 Å². The molecule has 0 aliphatic heterocycles. The highest BCUT2D eigenvalue weighted by Gasteiger charge is 2.49. The molecule has 8 nitrogen and oxygen atoms in total. The molecule has 15 heavy (non-hydrogen) atoms. The number of rotatable bonds is 7. The number of carbonyl (C=O) groups is 1. The lowest BCUT2D eigenvalue weighted by molar-refractivity contribution is -0.131.